The van der Waals surface area contributed by atoms with Gasteiger partial charge in [0.05, 0.1) is 18.2 Å². The molecule has 0 atom stereocenters. The van der Waals surface area contributed by atoms with Gasteiger partial charge in [-0.15, -0.1) is 0 Å². The summed E-state index contributed by atoms with van der Waals surface area (Å²) in [6.07, 6.45) is -4.65. The summed E-state index contributed by atoms with van der Waals surface area (Å²) in [5, 5.41) is 8.07. The fourth-order valence-electron chi connectivity index (χ4n) is 2.53. The highest BCUT2D eigenvalue weighted by molar-refractivity contribution is 6.07. The van der Waals surface area contributed by atoms with E-state index in [4.69, 9.17) is 4.74 Å². The molecule has 8 heteroatoms. The van der Waals surface area contributed by atoms with Crippen molar-refractivity contribution in [1.29, 1.82) is 0 Å². The maximum Gasteiger partial charge on any atom is 0.433 e. The van der Waals surface area contributed by atoms with Gasteiger partial charge < -0.3 is 10.1 Å². The molecule has 1 heterocycles. The number of H-pyrrole nitrogens is 1. The number of aromatic amines is 1. The minimum atomic E-state index is -4.65. The maximum absolute atomic E-state index is 13.3. The molecule has 2 N–H and O–H groups in total. The molecule has 2 aromatic carbocycles. The van der Waals surface area contributed by atoms with E-state index in [1.165, 1.54) is 25.3 Å². The molecule has 26 heavy (non-hydrogen) atoms. The van der Waals surface area contributed by atoms with Crippen molar-refractivity contribution >= 4 is 11.7 Å². The van der Waals surface area contributed by atoms with Crippen LogP contribution in [0.5, 0.6) is 5.75 Å². The Morgan fingerprint density at radius 2 is 1.73 bits per heavy atom. The number of benzene rings is 2. The third kappa shape index (κ3) is 3.39. The van der Waals surface area contributed by atoms with Crippen LogP contribution in [0.25, 0.3) is 11.1 Å². The van der Waals surface area contributed by atoms with Crippen LogP contribution in [0.15, 0.2) is 54.6 Å². The van der Waals surface area contributed by atoms with E-state index in [1.54, 1.807) is 36.4 Å². The third-order valence-corrected chi connectivity index (χ3v) is 3.70. The molecule has 0 spiro atoms. The lowest BCUT2D eigenvalue weighted by molar-refractivity contribution is -0.140. The number of hydrogen-bond donors (Lipinski definition) is 2. The van der Waals surface area contributed by atoms with Crippen molar-refractivity contribution in [3.05, 3.63) is 65.9 Å². The van der Waals surface area contributed by atoms with E-state index in [0.29, 0.717) is 5.75 Å². The van der Waals surface area contributed by atoms with Crippen LogP contribution in [0.1, 0.15) is 16.1 Å². The van der Waals surface area contributed by atoms with Crippen LogP contribution in [-0.2, 0) is 6.18 Å². The zero-order chi connectivity index (χ0) is 18.7. The SMILES string of the molecule is COc1ccccc1C(=O)Nc1n[nH]c(C(F)(F)F)c1-c1ccccc1. The number of para-hydroxylation sites is 1. The summed E-state index contributed by atoms with van der Waals surface area (Å²) in [6, 6.07) is 14.3. The Balaban J connectivity index is 2.03. The lowest BCUT2D eigenvalue weighted by Gasteiger charge is -2.11. The summed E-state index contributed by atoms with van der Waals surface area (Å²) >= 11 is 0. The third-order valence-electron chi connectivity index (χ3n) is 3.70. The van der Waals surface area contributed by atoms with Gasteiger partial charge in [-0.25, -0.2) is 0 Å². The van der Waals surface area contributed by atoms with Gasteiger partial charge in [-0.05, 0) is 17.7 Å². The first-order chi connectivity index (χ1) is 12.4. The Hall–Kier alpha value is -3.29. The zero-order valence-electron chi connectivity index (χ0n) is 13.6. The molecule has 0 fully saturated rings. The van der Waals surface area contributed by atoms with Crippen molar-refractivity contribution in [3.8, 4) is 16.9 Å². The Bertz CT molecular complexity index is 921. The van der Waals surface area contributed by atoms with E-state index in [0.717, 1.165) is 0 Å². The molecular formula is C18H14F3N3O2. The van der Waals surface area contributed by atoms with Gasteiger partial charge >= 0.3 is 6.18 Å². The molecule has 0 bridgehead atoms. The molecule has 0 radical (unpaired) electrons. The van der Waals surface area contributed by atoms with Crippen molar-refractivity contribution in [3.63, 3.8) is 0 Å². The number of hydrogen-bond acceptors (Lipinski definition) is 3. The number of anilines is 1. The fraction of sp³-hybridized carbons (Fsp3) is 0.111. The molecule has 0 saturated heterocycles. The average molecular weight is 361 g/mol. The number of aromatic nitrogens is 2. The normalized spacial score (nSPS) is 11.2. The summed E-state index contributed by atoms with van der Waals surface area (Å²) < 4.78 is 45.1. The second kappa shape index (κ2) is 6.91. The van der Waals surface area contributed by atoms with Gasteiger partial charge in [0.25, 0.3) is 5.91 Å². The number of nitrogens with one attached hydrogen (secondary N) is 2. The molecule has 0 aliphatic carbocycles. The van der Waals surface area contributed by atoms with Gasteiger partial charge in [-0.3, -0.25) is 9.89 Å². The van der Waals surface area contributed by atoms with Gasteiger partial charge in [-0.1, -0.05) is 42.5 Å². The Labute approximate surface area is 146 Å². The second-order valence-electron chi connectivity index (χ2n) is 5.34. The minimum absolute atomic E-state index is 0.186. The monoisotopic (exact) mass is 361 g/mol. The van der Waals surface area contributed by atoms with Crippen LogP contribution in [-0.4, -0.2) is 23.2 Å². The summed E-state index contributed by atoms with van der Waals surface area (Å²) in [6.45, 7) is 0. The van der Waals surface area contributed by atoms with E-state index in [9.17, 15) is 18.0 Å². The number of ether oxygens (including phenoxy) is 1. The van der Waals surface area contributed by atoms with E-state index in [-0.39, 0.29) is 22.5 Å². The number of alkyl halides is 3. The molecular weight excluding hydrogens is 347 g/mol. The molecule has 0 saturated carbocycles. The molecule has 3 aromatic rings. The first kappa shape index (κ1) is 17.5. The second-order valence-corrected chi connectivity index (χ2v) is 5.34. The number of rotatable bonds is 4. The highest BCUT2D eigenvalue weighted by Crippen LogP contribution is 2.39. The molecule has 0 aliphatic rings. The Morgan fingerprint density at radius 3 is 2.38 bits per heavy atom. The molecule has 134 valence electrons. The number of carbonyl (C=O) groups is 1. The number of nitrogens with zero attached hydrogens (tertiary/aromatic N) is 1. The molecule has 3 rings (SSSR count). The number of amides is 1. The summed E-state index contributed by atoms with van der Waals surface area (Å²) in [7, 11) is 1.40. The molecule has 5 nitrogen and oxygen atoms in total. The van der Waals surface area contributed by atoms with E-state index >= 15 is 0 Å². The fourth-order valence-corrected chi connectivity index (χ4v) is 2.53. The minimum Gasteiger partial charge on any atom is -0.496 e. The van der Waals surface area contributed by atoms with Crippen LogP contribution in [0.3, 0.4) is 0 Å². The summed E-state index contributed by atoms with van der Waals surface area (Å²) in [5.74, 6) is -0.530. The first-order valence-electron chi connectivity index (χ1n) is 7.57. The van der Waals surface area contributed by atoms with Gasteiger partial charge in [-0.2, -0.15) is 18.3 Å². The van der Waals surface area contributed by atoms with Crippen LogP contribution in [0.2, 0.25) is 0 Å². The number of methoxy groups -OCH3 is 1. The number of halogens is 3. The van der Waals surface area contributed by atoms with E-state index in [1.807, 2.05) is 5.10 Å². The predicted molar refractivity (Wildman–Crippen MR) is 90.0 cm³/mol. The molecule has 0 unspecified atom stereocenters. The topological polar surface area (TPSA) is 67.0 Å². The standard InChI is InChI=1S/C18H14F3N3O2/c1-26-13-10-6-5-9-12(13)17(25)22-16-14(11-7-3-2-4-8-11)15(23-24-16)18(19,20)21/h2-10H,1H3,(H2,22,23,24,25). The molecule has 1 aromatic heterocycles. The first-order valence-corrected chi connectivity index (χ1v) is 7.57. The molecule has 1 amide bonds. The predicted octanol–water partition coefficient (Wildman–Crippen LogP) is 4.36. The maximum atomic E-state index is 13.3. The van der Waals surface area contributed by atoms with Crippen LogP contribution in [0.4, 0.5) is 19.0 Å². The van der Waals surface area contributed by atoms with Gasteiger partial charge in [0.2, 0.25) is 0 Å². The number of carbonyl (C=O) groups excluding carboxylic acids is 1. The van der Waals surface area contributed by atoms with Crippen LogP contribution < -0.4 is 10.1 Å². The molecule has 0 aliphatic heterocycles. The van der Waals surface area contributed by atoms with Crippen LogP contribution in [0, 0.1) is 0 Å². The van der Waals surface area contributed by atoms with Crippen molar-refractivity contribution in [1.82, 2.24) is 10.2 Å². The van der Waals surface area contributed by atoms with Crippen molar-refractivity contribution < 1.29 is 22.7 Å². The highest BCUT2D eigenvalue weighted by Gasteiger charge is 2.38. The largest absolute Gasteiger partial charge is 0.496 e. The van der Waals surface area contributed by atoms with Gasteiger partial charge in [0.1, 0.15) is 11.4 Å². The van der Waals surface area contributed by atoms with E-state index in [2.05, 4.69) is 10.4 Å². The summed E-state index contributed by atoms with van der Waals surface area (Å²) in [4.78, 5) is 12.5. The highest BCUT2D eigenvalue weighted by atomic mass is 19.4. The lowest BCUT2D eigenvalue weighted by Crippen LogP contribution is -2.14. The summed E-state index contributed by atoms with van der Waals surface area (Å²) in [5.41, 5.74) is -0.783. The Kier molecular flexibility index (Phi) is 4.66. The van der Waals surface area contributed by atoms with Crippen molar-refractivity contribution in [2.45, 2.75) is 6.18 Å². The van der Waals surface area contributed by atoms with Crippen molar-refractivity contribution in [2.75, 3.05) is 12.4 Å². The van der Waals surface area contributed by atoms with Gasteiger partial charge in [0, 0.05) is 0 Å². The Morgan fingerprint density at radius 1 is 1.08 bits per heavy atom. The smallest absolute Gasteiger partial charge is 0.433 e. The van der Waals surface area contributed by atoms with Crippen LogP contribution >= 0.6 is 0 Å². The van der Waals surface area contributed by atoms with Gasteiger partial charge in [0.15, 0.2) is 5.82 Å². The quantitative estimate of drug-likeness (QED) is 0.726. The zero-order valence-corrected chi connectivity index (χ0v) is 13.6. The van der Waals surface area contributed by atoms with Crippen molar-refractivity contribution in [2.24, 2.45) is 0 Å². The van der Waals surface area contributed by atoms with E-state index < -0.39 is 17.8 Å². The lowest BCUT2D eigenvalue weighted by atomic mass is 10.0. The average Bonchev–Trinajstić information content (AvgIpc) is 3.06.